The van der Waals surface area contributed by atoms with Crippen molar-refractivity contribution in [1.82, 2.24) is 0 Å². The molecule has 0 saturated carbocycles. The average Bonchev–Trinajstić information content (AvgIpc) is 2.66. The van der Waals surface area contributed by atoms with Crippen molar-refractivity contribution >= 4 is 11.5 Å². The second kappa shape index (κ2) is 9.09. The van der Waals surface area contributed by atoms with Gasteiger partial charge in [-0.05, 0) is 80.0 Å². The standard InChI is InChI=1S/C25H32O3/c1-7-25(8-2,21-11-13-23(26)19(6)15-21)20-10-12-22(17(4)14-20)18(5)16-24(27)28-9-3/h10-16,26H,7-9H2,1-6H3. The number of aromatic hydroxyl groups is 1. The zero-order valence-corrected chi connectivity index (χ0v) is 17.9. The molecular weight excluding hydrogens is 348 g/mol. The lowest BCUT2D eigenvalue weighted by molar-refractivity contribution is -0.137. The number of esters is 1. The highest BCUT2D eigenvalue weighted by molar-refractivity contribution is 5.91. The topological polar surface area (TPSA) is 46.5 Å². The van der Waals surface area contributed by atoms with Gasteiger partial charge in [0.2, 0.25) is 0 Å². The smallest absolute Gasteiger partial charge is 0.331 e. The van der Waals surface area contributed by atoms with Crippen molar-refractivity contribution in [3.63, 3.8) is 0 Å². The van der Waals surface area contributed by atoms with Gasteiger partial charge >= 0.3 is 5.97 Å². The molecule has 0 amide bonds. The normalized spacial score (nSPS) is 12.1. The van der Waals surface area contributed by atoms with Gasteiger partial charge in [-0.1, -0.05) is 44.2 Å². The van der Waals surface area contributed by atoms with E-state index >= 15 is 0 Å². The number of ether oxygens (including phenoxy) is 1. The molecule has 0 bridgehead atoms. The number of phenols is 1. The number of allylic oxidation sites excluding steroid dienone is 1. The summed E-state index contributed by atoms with van der Waals surface area (Å²) in [6.45, 7) is 12.6. The Hall–Kier alpha value is -2.55. The van der Waals surface area contributed by atoms with E-state index in [1.54, 1.807) is 19.1 Å². The highest BCUT2D eigenvalue weighted by Gasteiger charge is 2.31. The molecular formula is C25H32O3. The molecule has 0 saturated heterocycles. The molecule has 3 heteroatoms. The lowest BCUT2D eigenvalue weighted by atomic mass is 9.69. The molecule has 0 aliphatic heterocycles. The molecule has 0 aromatic heterocycles. The maximum absolute atomic E-state index is 11.8. The van der Waals surface area contributed by atoms with Gasteiger partial charge in [0.25, 0.3) is 0 Å². The number of phenolic OH excluding ortho intramolecular Hbond substituents is 1. The quantitative estimate of drug-likeness (QED) is 0.467. The zero-order valence-electron chi connectivity index (χ0n) is 17.9. The van der Waals surface area contributed by atoms with E-state index < -0.39 is 0 Å². The van der Waals surface area contributed by atoms with Crippen LogP contribution >= 0.6 is 0 Å². The number of aryl methyl sites for hydroxylation is 2. The van der Waals surface area contributed by atoms with Crippen LogP contribution < -0.4 is 0 Å². The van der Waals surface area contributed by atoms with Crippen molar-refractivity contribution in [2.24, 2.45) is 0 Å². The summed E-state index contributed by atoms with van der Waals surface area (Å²) in [5.74, 6) is 0.0237. The fraction of sp³-hybridized carbons (Fsp3) is 0.400. The largest absolute Gasteiger partial charge is 0.508 e. The number of hydrogen-bond donors (Lipinski definition) is 1. The Balaban J connectivity index is 2.51. The Bertz CT molecular complexity index is 873. The van der Waals surface area contributed by atoms with Crippen LogP contribution in [0, 0.1) is 13.8 Å². The molecule has 0 aliphatic rings. The Morgan fingerprint density at radius 2 is 1.57 bits per heavy atom. The monoisotopic (exact) mass is 380 g/mol. The molecule has 3 nitrogen and oxygen atoms in total. The second-order valence-corrected chi connectivity index (χ2v) is 7.40. The fourth-order valence-corrected chi connectivity index (χ4v) is 4.03. The van der Waals surface area contributed by atoms with Crippen LogP contribution in [-0.2, 0) is 14.9 Å². The Morgan fingerprint density at radius 1 is 1.00 bits per heavy atom. The SMILES string of the molecule is CCOC(=O)C=C(C)c1ccc(C(CC)(CC)c2ccc(O)c(C)c2)cc1C. The first-order valence-electron chi connectivity index (χ1n) is 10.1. The lowest BCUT2D eigenvalue weighted by Gasteiger charge is -2.34. The van der Waals surface area contributed by atoms with Crippen molar-refractivity contribution in [1.29, 1.82) is 0 Å². The van der Waals surface area contributed by atoms with E-state index in [4.69, 9.17) is 4.74 Å². The van der Waals surface area contributed by atoms with Gasteiger partial charge in [-0.3, -0.25) is 0 Å². The van der Waals surface area contributed by atoms with E-state index in [9.17, 15) is 9.90 Å². The van der Waals surface area contributed by atoms with Crippen LogP contribution in [0.3, 0.4) is 0 Å². The van der Waals surface area contributed by atoms with Crippen LogP contribution in [0.15, 0.2) is 42.5 Å². The molecule has 28 heavy (non-hydrogen) atoms. The first kappa shape index (κ1) is 21.7. The second-order valence-electron chi connectivity index (χ2n) is 7.40. The van der Waals surface area contributed by atoms with Gasteiger partial charge in [0.1, 0.15) is 5.75 Å². The summed E-state index contributed by atoms with van der Waals surface area (Å²) in [4.78, 5) is 11.8. The summed E-state index contributed by atoms with van der Waals surface area (Å²) >= 11 is 0. The van der Waals surface area contributed by atoms with Gasteiger partial charge in [0, 0.05) is 11.5 Å². The number of hydrogen-bond acceptors (Lipinski definition) is 3. The van der Waals surface area contributed by atoms with Gasteiger partial charge in [0.15, 0.2) is 0 Å². The number of carbonyl (C=O) groups is 1. The van der Waals surface area contributed by atoms with Crippen molar-refractivity contribution in [3.05, 3.63) is 70.3 Å². The molecule has 2 aromatic carbocycles. The Kier molecular flexibility index (Phi) is 7.06. The van der Waals surface area contributed by atoms with Crippen LogP contribution in [0.2, 0.25) is 0 Å². The van der Waals surface area contributed by atoms with Gasteiger partial charge in [-0.25, -0.2) is 4.79 Å². The number of rotatable bonds is 7. The van der Waals surface area contributed by atoms with E-state index in [0.29, 0.717) is 12.4 Å². The maximum Gasteiger partial charge on any atom is 0.331 e. The average molecular weight is 381 g/mol. The molecule has 0 fully saturated rings. The highest BCUT2D eigenvalue weighted by atomic mass is 16.5. The van der Waals surface area contributed by atoms with Gasteiger partial charge < -0.3 is 9.84 Å². The zero-order chi connectivity index (χ0) is 20.9. The van der Waals surface area contributed by atoms with Gasteiger partial charge in [-0.15, -0.1) is 0 Å². The van der Waals surface area contributed by atoms with Gasteiger partial charge in [-0.2, -0.15) is 0 Å². The fourth-order valence-electron chi connectivity index (χ4n) is 4.03. The van der Waals surface area contributed by atoms with Crippen LogP contribution in [0.5, 0.6) is 5.75 Å². The van der Waals surface area contributed by atoms with Crippen molar-refractivity contribution in [3.8, 4) is 5.75 Å². The highest BCUT2D eigenvalue weighted by Crippen LogP contribution is 2.41. The molecule has 0 atom stereocenters. The molecule has 2 aromatic rings. The molecule has 0 unspecified atom stereocenters. The first-order valence-corrected chi connectivity index (χ1v) is 10.1. The molecule has 0 spiro atoms. The minimum absolute atomic E-state index is 0.111. The van der Waals surface area contributed by atoms with E-state index in [1.165, 1.54) is 11.1 Å². The lowest BCUT2D eigenvalue weighted by Crippen LogP contribution is -2.26. The first-order chi connectivity index (χ1) is 13.3. The molecule has 1 N–H and O–H groups in total. The third kappa shape index (κ3) is 4.30. The van der Waals surface area contributed by atoms with E-state index in [0.717, 1.165) is 35.1 Å². The predicted octanol–water partition coefficient (Wildman–Crippen LogP) is 6.08. The van der Waals surface area contributed by atoms with E-state index in [-0.39, 0.29) is 11.4 Å². The Labute approximate surface area is 169 Å². The summed E-state index contributed by atoms with van der Waals surface area (Å²) < 4.78 is 5.03. The number of benzene rings is 2. The van der Waals surface area contributed by atoms with Crippen LogP contribution in [0.1, 0.15) is 68.4 Å². The summed E-state index contributed by atoms with van der Waals surface area (Å²) in [7, 11) is 0. The summed E-state index contributed by atoms with van der Waals surface area (Å²) in [6, 6.07) is 12.4. The van der Waals surface area contributed by atoms with Crippen molar-refractivity contribution < 1.29 is 14.6 Å². The molecule has 150 valence electrons. The van der Waals surface area contributed by atoms with Crippen LogP contribution in [0.25, 0.3) is 5.57 Å². The third-order valence-corrected chi connectivity index (χ3v) is 5.78. The molecule has 0 heterocycles. The maximum atomic E-state index is 11.8. The van der Waals surface area contributed by atoms with Crippen LogP contribution in [0.4, 0.5) is 0 Å². The molecule has 2 rings (SSSR count). The van der Waals surface area contributed by atoms with E-state index in [2.05, 4.69) is 45.0 Å². The summed E-state index contributed by atoms with van der Waals surface area (Å²) in [5.41, 5.74) is 6.36. The minimum Gasteiger partial charge on any atom is -0.508 e. The summed E-state index contributed by atoms with van der Waals surface area (Å²) in [5, 5.41) is 9.93. The molecule has 0 radical (unpaired) electrons. The van der Waals surface area contributed by atoms with Crippen molar-refractivity contribution in [2.45, 2.75) is 59.8 Å². The number of carbonyl (C=O) groups excluding carboxylic acids is 1. The van der Waals surface area contributed by atoms with Crippen LogP contribution in [-0.4, -0.2) is 17.7 Å². The predicted molar refractivity (Wildman–Crippen MR) is 116 cm³/mol. The minimum atomic E-state index is -0.306. The third-order valence-electron chi connectivity index (χ3n) is 5.78. The van der Waals surface area contributed by atoms with E-state index in [1.807, 2.05) is 19.9 Å². The van der Waals surface area contributed by atoms with Gasteiger partial charge in [0.05, 0.1) is 6.61 Å². The van der Waals surface area contributed by atoms with Crippen molar-refractivity contribution in [2.75, 3.05) is 6.61 Å². The Morgan fingerprint density at radius 3 is 2.07 bits per heavy atom. The molecule has 0 aliphatic carbocycles. The summed E-state index contributed by atoms with van der Waals surface area (Å²) in [6.07, 6.45) is 3.48.